The highest BCUT2D eigenvalue weighted by molar-refractivity contribution is 5.80. The molecule has 80 valence electrons. The van der Waals surface area contributed by atoms with Gasteiger partial charge in [-0.15, -0.1) is 0 Å². The maximum absolute atomic E-state index is 9.07. The summed E-state index contributed by atoms with van der Waals surface area (Å²) in [6.07, 6.45) is 7.48. The molecule has 0 saturated carbocycles. The summed E-state index contributed by atoms with van der Waals surface area (Å²) in [5.41, 5.74) is 9.04. The van der Waals surface area contributed by atoms with Crippen LogP contribution in [0.15, 0.2) is 30.5 Å². The normalized spacial score (nSPS) is 13.9. The highest BCUT2D eigenvalue weighted by Crippen LogP contribution is 2.23. The van der Waals surface area contributed by atoms with E-state index in [1.54, 1.807) is 10.7 Å². The van der Waals surface area contributed by atoms with Crippen LogP contribution in [-0.4, -0.2) is 19.7 Å². The second-order valence-corrected chi connectivity index (χ2v) is 3.61. The van der Waals surface area contributed by atoms with Gasteiger partial charge >= 0.3 is 0 Å². The first-order valence-corrected chi connectivity index (χ1v) is 4.92. The zero-order valence-electron chi connectivity index (χ0n) is 8.46. The quantitative estimate of drug-likeness (QED) is 0.773. The molecule has 0 saturated heterocycles. The molecule has 2 heterocycles. The van der Waals surface area contributed by atoms with Gasteiger partial charge in [-0.1, -0.05) is 18.2 Å². The molecule has 16 heavy (non-hydrogen) atoms. The standard InChI is InChI=1S/C11H10N4O/c12-11-8(6-16)5-13-10-4-9(14-15(10)11)7-2-1-3-7/h1-5,16H,6,12H2. The first-order chi connectivity index (χ1) is 7.79. The molecule has 0 aromatic carbocycles. The van der Waals surface area contributed by atoms with E-state index in [0.29, 0.717) is 17.0 Å². The third-order valence-corrected chi connectivity index (χ3v) is 2.62. The number of nitrogens with two attached hydrogens (primary N) is 1. The number of allylic oxidation sites excluding steroid dienone is 4. The fraction of sp³-hybridized carbons (Fsp3) is 0.0909. The van der Waals surface area contributed by atoms with E-state index in [4.69, 9.17) is 10.8 Å². The molecule has 2 aromatic rings. The van der Waals surface area contributed by atoms with Crippen LogP contribution < -0.4 is 5.73 Å². The molecule has 0 fully saturated rings. The first-order valence-electron chi connectivity index (χ1n) is 4.92. The van der Waals surface area contributed by atoms with Crippen LogP contribution in [0.1, 0.15) is 11.3 Å². The van der Waals surface area contributed by atoms with Crippen LogP contribution in [0.3, 0.4) is 0 Å². The SMILES string of the molecule is Nc1c(CO)cnc2cc(C3=CC=C3)nn12. The van der Waals surface area contributed by atoms with Gasteiger partial charge in [0.1, 0.15) is 5.82 Å². The molecule has 3 N–H and O–H groups in total. The second kappa shape index (κ2) is 3.18. The van der Waals surface area contributed by atoms with E-state index < -0.39 is 0 Å². The third-order valence-electron chi connectivity index (χ3n) is 2.62. The van der Waals surface area contributed by atoms with Crippen LogP contribution in [0.2, 0.25) is 0 Å². The maximum Gasteiger partial charge on any atom is 0.157 e. The van der Waals surface area contributed by atoms with Crippen molar-refractivity contribution in [3.8, 4) is 0 Å². The molecule has 1 aliphatic rings. The van der Waals surface area contributed by atoms with Crippen LogP contribution >= 0.6 is 0 Å². The largest absolute Gasteiger partial charge is 0.391 e. The monoisotopic (exact) mass is 214 g/mol. The minimum absolute atomic E-state index is 0.132. The van der Waals surface area contributed by atoms with Crippen molar-refractivity contribution in [2.45, 2.75) is 6.61 Å². The van der Waals surface area contributed by atoms with Gasteiger partial charge in [-0.05, 0) is 0 Å². The van der Waals surface area contributed by atoms with E-state index in [9.17, 15) is 0 Å². The number of hydrogen-bond donors (Lipinski definition) is 2. The lowest BCUT2D eigenvalue weighted by atomic mass is 10.1. The lowest BCUT2D eigenvalue weighted by Gasteiger charge is -2.03. The fourth-order valence-electron chi connectivity index (χ4n) is 1.61. The van der Waals surface area contributed by atoms with Gasteiger partial charge in [-0.25, -0.2) is 4.98 Å². The number of aromatic nitrogens is 3. The Bertz CT molecular complexity index is 624. The third kappa shape index (κ3) is 1.15. The van der Waals surface area contributed by atoms with Crippen molar-refractivity contribution in [1.82, 2.24) is 14.6 Å². The van der Waals surface area contributed by atoms with Crippen molar-refractivity contribution in [1.29, 1.82) is 0 Å². The Labute approximate surface area is 91.5 Å². The van der Waals surface area contributed by atoms with Gasteiger partial charge in [0.05, 0.1) is 12.3 Å². The lowest BCUT2D eigenvalue weighted by Crippen LogP contribution is -2.05. The van der Waals surface area contributed by atoms with Crippen molar-refractivity contribution in [2.75, 3.05) is 5.73 Å². The molecule has 0 bridgehead atoms. The average Bonchev–Trinajstić information content (AvgIpc) is 2.60. The van der Waals surface area contributed by atoms with Gasteiger partial charge in [0.25, 0.3) is 0 Å². The molecule has 0 radical (unpaired) electrons. The van der Waals surface area contributed by atoms with Crippen LogP contribution in [0, 0.1) is 0 Å². The van der Waals surface area contributed by atoms with Crippen molar-refractivity contribution in [3.05, 3.63) is 41.7 Å². The number of rotatable bonds is 2. The summed E-state index contributed by atoms with van der Waals surface area (Å²) < 4.78 is 1.55. The highest BCUT2D eigenvalue weighted by atomic mass is 16.3. The Balaban J connectivity index is 2.20. The minimum atomic E-state index is -0.132. The molecule has 0 aliphatic heterocycles. The topological polar surface area (TPSA) is 76.4 Å². The first kappa shape index (κ1) is 9.11. The van der Waals surface area contributed by atoms with E-state index in [2.05, 4.69) is 10.1 Å². The van der Waals surface area contributed by atoms with Gasteiger partial charge in [0.15, 0.2) is 5.65 Å². The molecule has 5 heteroatoms. The molecule has 0 amide bonds. The van der Waals surface area contributed by atoms with E-state index in [1.165, 1.54) is 0 Å². The zero-order valence-corrected chi connectivity index (χ0v) is 8.46. The van der Waals surface area contributed by atoms with Crippen molar-refractivity contribution in [2.24, 2.45) is 0 Å². The summed E-state index contributed by atoms with van der Waals surface area (Å²) in [6, 6.07) is 1.87. The van der Waals surface area contributed by atoms with Crippen LogP contribution in [0.5, 0.6) is 0 Å². The molecule has 2 aromatic heterocycles. The molecule has 1 aliphatic carbocycles. The zero-order chi connectivity index (χ0) is 11.1. The number of anilines is 1. The van der Waals surface area contributed by atoms with Crippen LogP contribution in [-0.2, 0) is 6.61 Å². The Morgan fingerprint density at radius 3 is 2.88 bits per heavy atom. The average molecular weight is 214 g/mol. The molecule has 0 spiro atoms. The van der Waals surface area contributed by atoms with Crippen molar-refractivity contribution in [3.63, 3.8) is 0 Å². The summed E-state index contributed by atoms with van der Waals surface area (Å²) in [7, 11) is 0. The minimum Gasteiger partial charge on any atom is -0.391 e. The molecule has 5 nitrogen and oxygen atoms in total. The maximum atomic E-state index is 9.07. The van der Waals surface area contributed by atoms with Gasteiger partial charge in [0.2, 0.25) is 0 Å². The smallest absolute Gasteiger partial charge is 0.157 e. The predicted octanol–water partition coefficient (Wildman–Crippen LogP) is 0.757. The van der Waals surface area contributed by atoms with Gasteiger partial charge in [0, 0.05) is 23.4 Å². The van der Waals surface area contributed by atoms with Crippen LogP contribution in [0.25, 0.3) is 11.2 Å². The van der Waals surface area contributed by atoms with E-state index in [-0.39, 0.29) is 6.61 Å². The fourth-order valence-corrected chi connectivity index (χ4v) is 1.61. The number of fused-ring (bicyclic) bond motifs is 1. The summed E-state index contributed by atoms with van der Waals surface area (Å²) in [5.74, 6) is 0.433. The highest BCUT2D eigenvalue weighted by Gasteiger charge is 2.11. The Hall–Kier alpha value is -2.14. The number of nitrogens with zero attached hydrogens (tertiary/aromatic N) is 3. The van der Waals surface area contributed by atoms with Gasteiger partial charge in [-0.3, -0.25) is 0 Å². The molecule has 0 unspecified atom stereocenters. The predicted molar refractivity (Wildman–Crippen MR) is 60.4 cm³/mol. The summed E-state index contributed by atoms with van der Waals surface area (Å²) >= 11 is 0. The van der Waals surface area contributed by atoms with Crippen molar-refractivity contribution >= 4 is 17.0 Å². The number of nitrogen functional groups attached to an aromatic ring is 1. The second-order valence-electron chi connectivity index (χ2n) is 3.61. The van der Waals surface area contributed by atoms with E-state index in [0.717, 1.165) is 11.3 Å². The molecule has 0 atom stereocenters. The van der Waals surface area contributed by atoms with Crippen LogP contribution in [0.4, 0.5) is 5.82 Å². The number of aliphatic hydroxyl groups excluding tert-OH is 1. The molecular formula is C11H10N4O. The summed E-state index contributed by atoms with van der Waals surface area (Å²) in [5, 5.41) is 13.4. The number of hydrogen-bond acceptors (Lipinski definition) is 4. The summed E-state index contributed by atoms with van der Waals surface area (Å²) in [6.45, 7) is -0.132. The van der Waals surface area contributed by atoms with E-state index >= 15 is 0 Å². The Morgan fingerprint density at radius 1 is 1.44 bits per heavy atom. The van der Waals surface area contributed by atoms with Gasteiger partial charge < -0.3 is 10.8 Å². The van der Waals surface area contributed by atoms with Crippen molar-refractivity contribution < 1.29 is 5.11 Å². The summed E-state index contributed by atoms with van der Waals surface area (Å²) in [4.78, 5) is 4.18. The lowest BCUT2D eigenvalue weighted by molar-refractivity contribution is 0.281. The van der Waals surface area contributed by atoms with E-state index in [1.807, 2.05) is 24.3 Å². The molecular weight excluding hydrogens is 204 g/mol. The number of aliphatic hydroxyl groups is 1. The Kier molecular flexibility index (Phi) is 1.81. The van der Waals surface area contributed by atoms with Gasteiger partial charge in [-0.2, -0.15) is 9.61 Å². The molecule has 3 rings (SSSR count). The Morgan fingerprint density at radius 2 is 2.25 bits per heavy atom.